The molecule has 0 radical (unpaired) electrons. The van der Waals surface area contributed by atoms with Crippen LogP contribution in [-0.4, -0.2) is 13.1 Å². The van der Waals surface area contributed by atoms with Crippen molar-refractivity contribution in [3.63, 3.8) is 0 Å². The smallest absolute Gasteiger partial charge is 0.0587 e. The predicted molar refractivity (Wildman–Crippen MR) is 64.9 cm³/mol. The SMILES string of the molecule is CCC1CNc2ccc(Br)cc2NC1. The van der Waals surface area contributed by atoms with Crippen LogP contribution in [0.5, 0.6) is 0 Å². The Kier molecular flexibility index (Phi) is 2.96. The average Bonchev–Trinajstić information content (AvgIpc) is 2.39. The van der Waals surface area contributed by atoms with Gasteiger partial charge in [-0.2, -0.15) is 0 Å². The highest BCUT2D eigenvalue weighted by molar-refractivity contribution is 9.10. The van der Waals surface area contributed by atoms with E-state index < -0.39 is 0 Å². The largest absolute Gasteiger partial charge is 0.383 e. The Balaban J connectivity index is 2.21. The Bertz CT molecular complexity index is 325. The van der Waals surface area contributed by atoms with Crippen molar-refractivity contribution in [1.82, 2.24) is 0 Å². The van der Waals surface area contributed by atoms with E-state index in [1.165, 1.54) is 17.8 Å². The summed E-state index contributed by atoms with van der Waals surface area (Å²) in [7, 11) is 0. The molecular formula is C11H15BrN2. The number of fused-ring (bicyclic) bond motifs is 1. The number of nitrogens with one attached hydrogen (secondary N) is 2. The minimum Gasteiger partial charge on any atom is -0.383 e. The van der Waals surface area contributed by atoms with Crippen molar-refractivity contribution in [3.8, 4) is 0 Å². The van der Waals surface area contributed by atoms with Gasteiger partial charge in [0.2, 0.25) is 0 Å². The molecule has 1 aliphatic heterocycles. The molecule has 76 valence electrons. The van der Waals surface area contributed by atoms with Crippen LogP contribution in [0.4, 0.5) is 11.4 Å². The van der Waals surface area contributed by atoms with Crippen LogP contribution in [-0.2, 0) is 0 Å². The molecule has 0 amide bonds. The molecule has 1 heterocycles. The molecule has 1 aromatic rings. The van der Waals surface area contributed by atoms with Gasteiger partial charge in [-0.05, 0) is 30.5 Å². The molecule has 0 spiro atoms. The topological polar surface area (TPSA) is 24.1 Å². The van der Waals surface area contributed by atoms with Gasteiger partial charge in [-0.15, -0.1) is 0 Å². The van der Waals surface area contributed by atoms with Gasteiger partial charge in [-0.1, -0.05) is 22.9 Å². The second-order valence-electron chi connectivity index (χ2n) is 3.73. The van der Waals surface area contributed by atoms with Crippen molar-refractivity contribution in [3.05, 3.63) is 22.7 Å². The molecule has 0 aliphatic carbocycles. The maximum atomic E-state index is 3.48. The molecule has 1 aromatic carbocycles. The number of hydrogen-bond acceptors (Lipinski definition) is 2. The molecule has 14 heavy (non-hydrogen) atoms. The first kappa shape index (κ1) is 9.84. The Morgan fingerprint density at radius 1 is 1.29 bits per heavy atom. The van der Waals surface area contributed by atoms with Gasteiger partial charge in [0, 0.05) is 17.6 Å². The van der Waals surface area contributed by atoms with Gasteiger partial charge in [0.15, 0.2) is 0 Å². The summed E-state index contributed by atoms with van der Waals surface area (Å²) in [5.41, 5.74) is 2.42. The predicted octanol–water partition coefficient (Wildman–Crippen LogP) is 3.31. The van der Waals surface area contributed by atoms with Crippen LogP contribution in [0.3, 0.4) is 0 Å². The van der Waals surface area contributed by atoms with Gasteiger partial charge in [0.25, 0.3) is 0 Å². The summed E-state index contributed by atoms with van der Waals surface area (Å²) in [6.07, 6.45) is 1.22. The highest BCUT2D eigenvalue weighted by Crippen LogP contribution is 2.28. The molecule has 2 nitrogen and oxygen atoms in total. The summed E-state index contributed by atoms with van der Waals surface area (Å²) in [5, 5.41) is 6.94. The first-order valence-electron chi connectivity index (χ1n) is 5.07. The van der Waals surface area contributed by atoms with E-state index in [-0.39, 0.29) is 0 Å². The summed E-state index contributed by atoms with van der Waals surface area (Å²) in [6.45, 7) is 4.37. The summed E-state index contributed by atoms with van der Waals surface area (Å²) in [5.74, 6) is 0.723. The highest BCUT2D eigenvalue weighted by atomic mass is 79.9. The van der Waals surface area contributed by atoms with Crippen molar-refractivity contribution in [1.29, 1.82) is 0 Å². The fourth-order valence-electron chi connectivity index (χ4n) is 1.69. The summed E-state index contributed by atoms with van der Waals surface area (Å²) in [6, 6.07) is 6.31. The monoisotopic (exact) mass is 254 g/mol. The normalized spacial score (nSPS) is 20.3. The van der Waals surface area contributed by atoms with Crippen LogP contribution in [0.25, 0.3) is 0 Å². The van der Waals surface area contributed by atoms with Crippen molar-refractivity contribution >= 4 is 27.3 Å². The molecule has 2 N–H and O–H groups in total. The minimum atomic E-state index is 0.723. The van der Waals surface area contributed by atoms with Crippen LogP contribution >= 0.6 is 15.9 Å². The third kappa shape index (κ3) is 2.03. The molecule has 0 saturated heterocycles. The fourth-order valence-corrected chi connectivity index (χ4v) is 2.05. The van der Waals surface area contributed by atoms with Crippen LogP contribution < -0.4 is 10.6 Å². The Labute approximate surface area is 93.2 Å². The van der Waals surface area contributed by atoms with E-state index in [0.29, 0.717) is 0 Å². The number of benzene rings is 1. The third-order valence-electron chi connectivity index (χ3n) is 2.72. The maximum Gasteiger partial charge on any atom is 0.0587 e. The molecule has 3 heteroatoms. The van der Waals surface area contributed by atoms with E-state index in [9.17, 15) is 0 Å². The van der Waals surface area contributed by atoms with Crippen molar-refractivity contribution in [2.75, 3.05) is 23.7 Å². The first-order valence-corrected chi connectivity index (χ1v) is 5.86. The fraction of sp³-hybridized carbons (Fsp3) is 0.455. The second kappa shape index (κ2) is 4.22. The van der Waals surface area contributed by atoms with Gasteiger partial charge >= 0.3 is 0 Å². The van der Waals surface area contributed by atoms with Crippen LogP contribution in [0.1, 0.15) is 13.3 Å². The van der Waals surface area contributed by atoms with E-state index in [2.05, 4.69) is 51.7 Å². The van der Waals surface area contributed by atoms with E-state index in [1.807, 2.05) is 0 Å². The molecule has 1 aliphatic rings. The minimum absolute atomic E-state index is 0.723. The standard InChI is InChI=1S/C11H15BrN2/c1-2-8-6-13-10-4-3-9(12)5-11(10)14-7-8/h3-5,8,13-14H,2,6-7H2,1H3. The number of rotatable bonds is 1. The second-order valence-corrected chi connectivity index (χ2v) is 4.64. The van der Waals surface area contributed by atoms with E-state index in [0.717, 1.165) is 23.5 Å². The molecule has 0 fully saturated rings. The Hall–Kier alpha value is -0.700. The van der Waals surface area contributed by atoms with Gasteiger partial charge in [-0.25, -0.2) is 0 Å². The highest BCUT2D eigenvalue weighted by Gasteiger charge is 2.13. The Morgan fingerprint density at radius 3 is 2.71 bits per heavy atom. The first-order chi connectivity index (χ1) is 6.79. The molecule has 0 aromatic heterocycles. The summed E-state index contributed by atoms with van der Waals surface area (Å²) in [4.78, 5) is 0. The van der Waals surface area contributed by atoms with Crippen molar-refractivity contribution in [2.24, 2.45) is 5.92 Å². The van der Waals surface area contributed by atoms with Crippen LogP contribution in [0.2, 0.25) is 0 Å². The zero-order chi connectivity index (χ0) is 9.97. The molecule has 2 rings (SSSR count). The van der Waals surface area contributed by atoms with Crippen molar-refractivity contribution < 1.29 is 0 Å². The van der Waals surface area contributed by atoms with Gasteiger partial charge < -0.3 is 10.6 Å². The third-order valence-corrected chi connectivity index (χ3v) is 3.21. The maximum absolute atomic E-state index is 3.48. The number of anilines is 2. The van der Waals surface area contributed by atoms with Crippen LogP contribution in [0.15, 0.2) is 22.7 Å². The molecular weight excluding hydrogens is 240 g/mol. The molecule has 0 bridgehead atoms. The number of halogens is 1. The van der Waals surface area contributed by atoms with E-state index in [4.69, 9.17) is 0 Å². The van der Waals surface area contributed by atoms with Gasteiger partial charge in [-0.3, -0.25) is 0 Å². The lowest BCUT2D eigenvalue weighted by Crippen LogP contribution is -2.17. The summed E-state index contributed by atoms with van der Waals surface area (Å²) < 4.78 is 1.13. The zero-order valence-electron chi connectivity index (χ0n) is 8.31. The zero-order valence-corrected chi connectivity index (χ0v) is 9.89. The van der Waals surface area contributed by atoms with Crippen LogP contribution in [0, 0.1) is 5.92 Å². The van der Waals surface area contributed by atoms with Crippen molar-refractivity contribution in [2.45, 2.75) is 13.3 Å². The molecule has 1 atom stereocenters. The van der Waals surface area contributed by atoms with Gasteiger partial charge in [0.05, 0.1) is 11.4 Å². The lowest BCUT2D eigenvalue weighted by atomic mass is 10.1. The quantitative estimate of drug-likeness (QED) is 0.804. The molecule has 1 unspecified atom stereocenters. The Morgan fingerprint density at radius 2 is 2.00 bits per heavy atom. The lowest BCUT2D eigenvalue weighted by molar-refractivity contribution is 0.570. The average molecular weight is 255 g/mol. The summed E-state index contributed by atoms with van der Waals surface area (Å²) >= 11 is 3.48. The van der Waals surface area contributed by atoms with E-state index >= 15 is 0 Å². The van der Waals surface area contributed by atoms with E-state index in [1.54, 1.807) is 0 Å². The number of hydrogen-bond donors (Lipinski definition) is 2. The van der Waals surface area contributed by atoms with Gasteiger partial charge in [0.1, 0.15) is 0 Å². The lowest BCUT2D eigenvalue weighted by Gasteiger charge is -2.10. The molecule has 0 saturated carbocycles.